The lowest BCUT2D eigenvalue weighted by molar-refractivity contribution is 0.0663. The number of aryl methyl sites for hydroxylation is 1. The zero-order chi connectivity index (χ0) is 11.0. The van der Waals surface area contributed by atoms with Crippen molar-refractivity contribution in [2.24, 2.45) is 0 Å². The molecule has 0 saturated carbocycles. The average molecular weight is 219 g/mol. The molecule has 1 aromatic carbocycles. The van der Waals surface area contributed by atoms with Gasteiger partial charge in [0.05, 0.1) is 7.11 Å². The van der Waals surface area contributed by atoms with Crippen molar-refractivity contribution in [2.75, 3.05) is 20.2 Å². The summed E-state index contributed by atoms with van der Waals surface area (Å²) in [6.45, 7) is 2.06. The van der Waals surface area contributed by atoms with Crippen molar-refractivity contribution in [3.8, 4) is 11.5 Å². The van der Waals surface area contributed by atoms with Crippen molar-refractivity contribution >= 4 is 0 Å². The maximum atomic E-state index is 6.16. The number of nitrogens with one attached hydrogen (secondary N) is 1. The van der Waals surface area contributed by atoms with Gasteiger partial charge in [-0.3, -0.25) is 0 Å². The smallest absolute Gasteiger partial charge is 0.123 e. The van der Waals surface area contributed by atoms with E-state index in [1.807, 2.05) is 12.1 Å². The fourth-order valence-corrected chi connectivity index (χ4v) is 2.65. The van der Waals surface area contributed by atoms with Crippen molar-refractivity contribution in [1.82, 2.24) is 5.32 Å². The van der Waals surface area contributed by atoms with Gasteiger partial charge in [-0.2, -0.15) is 0 Å². The first-order valence-electron chi connectivity index (χ1n) is 5.88. The van der Waals surface area contributed by atoms with Gasteiger partial charge in [0.2, 0.25) is 0 Å². The molecule has 3 heteroatoms. The summed E-state index contributed by atoms with van der Waals surface area (Å²) in [7, 11) is 1.70. The van der Waals surface area contributed by atoms with E-state index >= 15 is 0 Å². The topological polar surface area (TPSA) is 30.5 Å². The summed E-state index contributed by atoms with van der Waals surface area (Å²) < 4.78 is 11.4. The van der Waals surface area contributed by atoms with Crippen molar-refractivity contribution in [2.45, 2.75) is 24.9 Å². The second-order valence-electron chi connectivity index (χ2n) is 4.69. The fraction of sp³-hybridized carbons (Fsp3) is 0.538. The Morgan fingerprint density at radius 2 is 2.31 bits per heavy atom. The van der Waals surface area contributed by atoms with E-state index in [2.05, 4.69) is 11.4 Å². The Morgan fingerprint density at radius 1 is 1.38 bits per heavy atom. The van der Waals surface area contributed by atoms with E-state index in [1.54, 1.807) is 7.11 Å². The van der Waals surface area contributed by atoms with Crippen LogP contribution in [0.5, 0.6) is 11.5 Å². The lowest BCUT2D eigenvalue weighted by Gasteiger charge is -2.35. The molecule has 86 valence electrons. The lowest BCUT2D eigenvalue weighted by Crippen LogP contribution is -2.41. The molecule has 16 heavy (non-hydrogen) atoms. The lowest BCUT2D eigenvalue weighted by atomic mass is 9.90. The summed E-state index contributed by atoms with van der Waals surface area (Å²) >= 11 is 0. The van der Waals surface area contributed by atoms with Crippen molar-refractivity contribution in [3.05, 3.63) is 23.8 Å². The minimum atomic E-state index is 0.0571. The van der Waals surface area contributed by atoms with Crippen LogP contribution < -0.4 is 14.8 Å². The van der Waals surface area contributed by atoms with Crippen LogP contribution in [0.1, 0.15) is 18.4 Å². The molecule has 1 saturated heterocycles. The summed E-state index contributed by atoms with van der Waals surface area (Å²) in [5, 5.41) is 3.39. The van der Waals surface area contributed by atoms with E-state index in [4.69, 9.17) is 9.47 Å². The van der Waals surface area contributed by atoms with Crippen molar-refractivity contribution < 1.29 is 9.47 Å². The van der Waals surface area contributed by atoms with Gasteiger partial charge in [0.25, 0.3) is 0 Å². The van der Waals surface area contributed by atoms with Gasteiger partial charge in [-0.15, -0.1) is 0 Å². The predicted octanol–water partition coefficient (Wildman–Crippen LogP) is 1.75. The van der Waals surface area contributed by atoms with Crippen LogP contribution in [0.3, 0.4) is 0 Å². The molecule has 1 fully saturated rings. The van der Waals surface area contributed by atoms with Crippen LogP contribution in [0.25, 0.3) is 0 Å². The number of methoxy groups -OCH3 is 1. The third kappa shape index (κ3) is 1.55. The third-order valence-electron chi connectivity index (χ3n) is 3.65. The molecular formula is C13H17NO2. The molecule has 1 atom stereocenters. The molecular weight excluding hydrogens is 202 g/mol. The van der Waals surface area contributed by atoms with Crippen LogP contribution in [-0.4, -0.2) is 25.8 Å². The van der Waals surface area contributed by atoms with Gasteiger partial charge in [-0.1, -0.05) is 0 Å². The Morgan fingerprint density at radius 3 is 3.06 bits per heavy atom. The Kier molecular flexibility index (Phi) is 2.28. The van der Waals surface area contributed by atoms with Gasteiger partial charge in [-0.25, -0.2) is 0 Å². The average Bonchev–Trinajstić information content (AvgIpc) is 2.77. The largest absolute Gasteiger partial charge is 0.497 e. The summed E-state index contributed by atoms with van der Waals surface area (Å²) in [6.07, 6.45) is 3.33. The van der Waals surface area contributed by atoms with Crippen LogP contribution in [0.4, 0.5) is 0 Å². The van der Waals surface area contributed by atoms with E-state index in [0.29, 0.717) is 0 Å². The van der Waals surface area contributed by atoms with Gasteiger partial charge >= 0.3 is 0 Å². The Hall–Kier alpha value is -1.22. The molecule has 0 bridgehead atoms. The number of benzene rings is 1. The van der Waals surface area contributed by atoms with Gasteiger partial charge in [-0.05, 0) is 43.1 Å². The van der Waals surface area contributed by atoms with Crippen LogP contribution >= 0.6 is 0 Å². The first-order chi connectivity index (χ1) is 7.81. The van der Waals surface area contributed by atoms with Crippen molar-refractivity contribution in [1.29, 1.82) is 0 Å². The maximum absolute atomic E-state index is 6.16. The SMILES string of the molecule is COc1ccc2c(c1)CCC1(CCNC1)O2. The van der Waals surface area contributed by atoms with Gasteiger partial charge in [0, 0.05) is 13.0 Å². The third-order valence-corrected chi connectivity index (χ3v) is 3.65. The highest BCUT2D eigenvalue weighted by Gasteiger charge is 2.38. The zero-order valence-electron chi connectivity index (χ0n) is 9.58. The summed E-state index contributed by atoms with van der Waals surface area (Å²) in [4.78, 5) is 0. The molecule has 3 nitrogen and oxygen atoms in total. The minimum absolute atomic E-state index is 0.0571. The summed E-state index contributed by atoms with van der Waals surface area (Å²) in [5.41, 5.74) is 1.33. The first-order valence-corrected chi connectivity index (χ1v) is 5.88. The van der Waals surface area contributed by atoms with E-state index in [-0.39, 0.29) is 5.60 Å². The standard InChI is InChI=1S/C13H17NO2/c1-15-11-2-3-12-10(8-11)4-5-13(16-12)6-7-14-9-13/h2-3,8,14H,4-7,9H2,1H3. The van der Waals surface area contributed by atoms with Crippen LogP contribution in [-0.2, 0) is 6.42 Å². The van der Waals surface area contributed by atoms with Crippen molar-refractivity contribution in [3.63, 3.8) is 0 Å². The molecule has 3 rings (SSSR count). The molecule has 2 aliphatic heterocycles. The van der Waals surface area contributed by atoms with Gasteiger partial charge < -0.3 is 14.8 Å². The van der Waals surface area contributed by atoms with Gasteiger partial charge in [0.1, 0.15) is 17.1 Å². The number of ether oxygens (including phenoxy) is 2. The Balaban J connectivity index is 1.89. The van der Waals surface area contributed by atoms with E-state index in [9.17, 15) is 0 Å². The molecule has 2 aliphatic rings. The number of rotatable bonds is 1. The Bertz CT molecular complexity index is 397. The molecule has 2 heterocycles. The molecule has 1 spiro atoms. The van der Waals surface area contributed by atoms with Crippen LogP contribution in [0.15, 0.2) is 18.2 Å². The quantitative estimate of drug-likeness (QED) is 0.780. The minimum Gasteiger partial charge on any atom is -0.497 e. The maximum Gasteiger partial charge on any atom is 0.123 e. The monoisotopic (exact) mass is 219 g/mol. The Labute approximate surface area is 95.8 Å². The highest BCUT2D eigenvalue weighted by atomic mass is 16.5. The first kappa shape index (κ1) is 9.97. The highest BCUT2D eigenvalue weighted by molar-refractivity contribution is 5.42. The van der Waals surface area contributed by atoms with E-state index < -0.39 is 0 Å². The number of hydrogen-bond donors (Lipinski definition) is 1. The molecule has 0 amide bonds. The normalized spacial score (nSPS) is 27.6. The fourth-order valence-electron chi connectivity index (χ4n) is 2.65. The summed E-state index contributed by atoms with van der Waals surface area (Å²) in [5.74, 6) is 1.96. The van der Waals surface area contributed by atoms with Crippen LogP contribution in [0, 0.1) is 0 Å². The van der Waals surface area contributed by atoms with E-state index in [0.717, 1.165) is 43.9 Å². The van der Waals surface area contributed by atoms with Gasteiger partial charge in [0.15, 0.2) is 0 Å². The molecule has 1 unspecified atom stereocenters. The second kappa shape index (κ2) is 3.67. The van der Waals surface area contributed by atoms with Crippen LogP contribution in [0.2, 0.25) is 0 Å². The highest BCUT2D eigenvalue weighted by Crippen LogP contribution is 2.37. The molecule has 0 aromatic heterocycles. The molecule has 0 aliphatic carbocycles. The van der Waals surface area contributed by atoms with E-state index in [1.165, 1.54) is 5.56 Å². The molecule has 0 radical (unpaired) electrons. The predicted molar refractivity (Wildman–Crippen MR) is 62.2 cm³/mol. The number of hydrogen-bond acceptors (Lipinski definition) is 3. The molecule has 1 aromatic rings. The molecule has 1 N–H and O–H groups in total. The zero-order valence-corrected chi connectivity index (χ0v) is 9.58. The second-order valence-corrected chi connectivity index (χ2v) is 4.69. The summed E-state index contributed by atoms with van der Waals surface area (Å²) in [6, 6.07) is 6.10. The number of fused-ring (bicyclic) bond motifs is 1.